The van der Waals surface area contributed by atoms with Gasteiger partial charge in [0.15, 0.2) is 10.9 Å². The van der Waals surface area contributed by atoms with Crippen LogP contribution >= 0.6 is 27.7 Å². The van der Waals surface area contributed by atoms with Crippen molar-refractivity contribution in [3.8, 4) is 5.75 Å². The Bertz CT molecular complexity index is 1480. The monoisotopic (exact) mass is 549 g/mol. The number of aliphatic imine (C=N–C) groups is 1. The summed E-state index contributed by atoms with van der Waals surface area (Å²) < 4.78 is 26.5. The van der Waals surface area contributed by atoms with Crippen molar-refractivity contribution in [3.05, 3.63) is 129 Å². The first-order chi connectivity index (χ1) is 17.0. The molecule has 0 saturated carbocycles. The summed E-state index contributed by atoms with van der Waals surface area (Å²) in [5.41, 5.74) is 2.40. The molecule has 0 saturated heterocycles. The Morgan fingerprint density at radius 1 is 1.11 bits per heavy atom. The van der Waals surface area contributed by atoms with Crippen molar-refractivity contribution in [2.24, 2.45) is 4.99 Å². The standard InChI is InChI=1S/C28H21BrFNO3S/c1-3-35-18(2)33-21-12-13-22-24(16-29)23(28(32)34-26(22)15-21)14-20-10-7-11-25(27(20)30)31-17-19-8-5-4-6-9-19/h3-13,15,17H,1-2,14,16H2. The van der Waals surface area contributed by atoms with Gasteiger partial charge in [-0.3, -0.25) is 4.99 Å². The Kier molecular flexibility index (Phi) is 8.00. The van der Waals surface area contributed by atoms with E-state index in [0.717, 1.165) is 16.5 Å². The quantitative estimate of drug-likeness (QED) is 0.0921. The van der Waals surface area contributed by atoms with Gasteiger partial charge in [-0.25, -0.2) is 9.18 Å². The minimum absolute atomic E-state index is 0.0742. The van der Waals surface area contributed by atoms with Gasteiger partial charge in [0.2, 0.25) is 0 Å². The second-order valence-electron chi connectivity index (χ2n) is 7.49. The molecule has 176 valence electrons. The van der Waals surface area contributed by atoms with E-state index in [0.29, 0.717) is 32.9 Å². The van der Waals surface area contributed by atoms with Crippen LogP contribution in [-0.2, 0) is 11.8 Å². The van der Waals surface area contributed by atoms with E-state index in [1.165, 1.54) is 11.8 Å². The molecule has 35 heavy (non-hydrogen) atoms. The van der Waals surface area contributed by atoms with Crippen LogP contribution < -0.4 is 10.4 Å². The molecule has 7 heteroatoms. The highest BCUT2D eigenvalue weighted by molar-refractivity contribution is 9.08. The van der Waals surface area contributed by atoms with Gasteiger partial charge in [0.25, 0.3) is 0 Å². The maximum Gasteiger partial charge on any atom is 0.340 e. The first-order valence-corrected chi connectivity index (χ1v) is 12.7. The SMILES string of the molecule is C=CSC(=C)Oc1ccc2c(CBr)c(Cc3cccc(N=Cc4ccccc4)c3F)c(=O)oc2c1. The van der Waals surface area contributed by atoms with E-state index >= 15 is 4.39 Å². The van der Waals surface area contributed by atoms with E-state index in [1.807, 2.05) is 36.4 Å². The average Bonchev–Trinajstić information content (AvgIpc) is 2.85. The Balaban J connectivity index is 1.68. The van der Waals surface area contributed by atoms with Crippen LogP contribution in [0.2, 0.25) is 0 Å². The lowest BCUT2D eigenvalue weighted by Crippen LogP contribution is -2.12. The first kappa shape index (κ1) is 24.7. The Hall–Kier alpha value is -3.42. The van der Waals surface area contributed by atoms with Crippen molar-refractivity contribution in [2.75, 3.05) is 0 Å². The minimum atomic E-state index is -0.527. The van der Waals surface area contributed by atoms with Crippen molar-refractivity contribution < 1.29 is 13.5 Å². The van der Waals surface area contributed by atoms with Crippen molar-refractivity contribution in [2.45, 2.75) is 11.8 Å². The molecule has 0 atom stereocenters. The van der Waals surface area contributed by atoms with Gasteiger partial charge in [0.05, 0.1) is 5.69 Å². The van der Waals surface area contributed by atoms with Gasteiger partial charge in [0.1, 0.15) is 11.3 Å². The van der Waals surface area contributed by atoms with Crippen LogP contribution in [0, 0.1) is 5.82 Å². The number of rotatable bonds is 9. The van der Waals surface area contributed by atoms with Gasteiger partial charge in [-0.2, -0.15) is 0 Å². The van der Waals surface area contributed by atoms with Crippen LogP contribution in [0.1, 0.15) is 22.3 Å². The summed E-state index contributed by atoms with van der Waals surface area (Å²) in [5.74, 6) is 0.0185. The van der Waals surface area contributed by atoms with Crippen molar-refractivity contribution in [1.29, 1.82) is 0 Å². The topological polar surface area (TPSA) is 51.8 Å². The molecule has 0 aliphatic rings. The fourth-order valence-electron chi connectivity index (χ4n) is 3.60. The van der Waals surface area contributed by atoms with Crippen LogP contribution in [0.4, 0.5) is 10.1 Å². The number of fused-ring (bicyclic) bond motifs is 1. The number of benzene rings is 3. The zero-order valence-electron chi connectivity index (χ0n) is 18.7. The molecule has 0 fully saturated rings. The summed E-state index contributed by atoms with van der Waals surface area (Å²) in [6.45, 7) is 7.43. The van der Waals surface area contributed by atoms with Gasteiger partial charge in [-0.1, -0.05) is 76.7 Å². The molecule has 1 aromatic heterocycles. The molecule has 4 aromatic rings. The second kappa shape index (κ2) is 11.3. The zero-order chi connectivity index (χ0) is 24.8. The number of alkyl halides is 1. The number of halogens is 2. The summed E-state index contributed by atoms with van der Waals surface area (Å²) in [5, 5.41) is 3.20. The Morgan fingerprint density at radius 2 is 1.91 bits per heavy atom. The van der Waals surface area contributed by atoms with Crippen LogP contribution in [0.15, 0.2) is 105 Å². The molecule has 0 bridgehead atoms. The molecular weight excluding hydrogens is 529 g/mol. The summed E-state index contributed by atoms with van der Waals surface area (Å²) in [4.78, 5) is 17.2. The van der Waals surface area contributed by atoms with E-state index < -0.39 is 11.4 Å². The molecule has 0 N–H and O–H groups in total. The van der Waals surface area contributed by atoms with E-state index in [2.05, 4.69) is 34.1 Å². The smallest absolute Gasteiger partial charge is 0.340 e. The largest absolute Gasteiger partial charge is 0.451 e. The molecule has 0 spiro atoms. The van der Waals surface area contributed by atoms with Gasteiger partial charge in [-0.15, -0.1) is 0 Å². The van der Waals surface area contributed by atoms with Gasteiger partial charge in [0, 0.05) is 35.0 Å². The number of nitrogens with zero attached hydrogens (tertiary/aromatic N) is 1. The summed E-state index contributed by atoms with van der Waals surface area (Å²) in [6, 6.07) is 19.7. The highest BCUT2D eigenvalue weighted by atomic mass is 79.9. The van der Waals surface area contributed by atoms with E-state index in [4.69, 9.17) is 9.15 Å². The number of thioether (sulfide) groups is 1. The molecular formula is C28H21BrFNO3S. The Labute approximate surface area is 215 Å². The highest BCUT2D eigenvalue weighted by Crippen LogP contribution is 2.30. The number of hydrogen-bond donors (Lipinski definition) is 0. The third kappa shape index (κ3) is 5.81. The molecule has 0 amide bonds. The zero-order valence-corrected chi connectivity index (χ0v) is 21.1. The maximum atomic E-state index is 15.3. The normalized spacial score (nSPS) is 11.1. The fraction of sp³-hybridized carbons (Fsp3) is 0.0714. The summed E-state index contributed by atoms with van der Waals surface area (Å²) in [6.07, 6.45) is 1.68. The number of ether oxygens (including phenoxy) is 1. The van der Waals surface area contributed by atoms with Gasteiger partial charge >= 0.3 is 5.63 Å². The van der Waals surface area contributed by atoms with Gasteiger partial charge < -0.3 is 9.15 Å². The van der Waals surface area contributed by atoms with Crippen molar-refractivity contribution >= 4 is 50.6 Å². The molecule has 0 aliphatic carbocycles. The second-order valence-corrected chi connectivity index (χ2v) is 9.08. The lowest BCUT2D eigenvalue weighted by atomic mass is 9.99. The molecule has 0 aliphatic heterocycles. The predicted octanol–water partition coefficient (Wildman–Crippen LogP) is 7.90. The fourth-order valence-corrected chi connectivity index (χ4v) is 4.57. The lowest BCUT2D eigenvalue weighted by molar-refractivity contribution is 0.466. The number of hydrogen-bond acceptors (Lipinski definition) is 5. The van der Waals surface area contributed by atoms with Crippen molar-refractivity contribution in [3.63, 3.8) is 0 Å². The van der Waals surface area contributed by atoms with Crippen LogP contribution in [0.3, 0.4) is 0 Å². The summed E-state index contributed by atoms with van der Waals surface area (Å²) >= 11 is 4.73. The van der Waals surface area contributed by atoms with Crippen LogP contribution in [0.5, 0.6) is 5.75 Å². The Morgan fingerprint density at radius 3 is 2.66 bits per heavy atom. The van der Waals surface area contributed by atoms with E-state index in [9.17, 15) is 4.79 Å². The van der Waals surface area contributed by atoms with Crippen molar-refractivity contribution in [1.82, 2.24) is 0 Å². The van der Waals surface area contributed by atoms with Crippen LogP contribution in [-0.4, -0.2) is 6.21 Å². The molecule has 1 heterocycles. The first-order valence-electron chi connectivity index (χ1n) is 10.7. The van der Waals surface area contributed by atoms with Gasteiger partial charge in [-0.05, 0) is 46.9 Å². The predicted molar refractivity (Wildman–Crippen MR) is 146 cm³/mol. The van der Waals surface area contributed by atoms with E-state index in [-0.39, 0.29) is 12.1 Å². The molecule has 4 rings (SSSR count). The molecule has 4 nitrogen and oxygen atoms in total. The average molecular weight is 550 g/mol. The van der Waals surface area contributed by atoms with Crippen LogP contribution in [0.25, 0.3) is 11.0 Å². The van der Waals surface area contributed by atoms with E-state index in [1.54, 1.807) is 42.0 Å². The third-order valence-electron chi connectivity index (χ3n) is 5.25. The molecule has 0 radical (unpaired) electrons. The third-order valence-corrected chi connectivity index (χ3v) is 6.32. The summed E-state index contributed by atoms with van der Waals surface area (Å²) in [7, 11) is 0. The lowest BCUT2D eigenvalue weighted by Gasteiger charge is -2.12. The minimum Gasteiger partial charge on any atom is -0.451 e. The maximum absolute atomic E-state index is 15.3. The highest BCUT2D eigenvalue weighted by Gasteiger charge is 2.18. The molecule has 0 unspecified atom stereocenters. The molecule has 3 aromatic carbocycles.